The lowest BCUT2D eigenvalue weighted by atomic mass is 10.1. The maximum atomic E-state index is 13.3. The van der Waals surface area contributed by atoms with Crippen LogP contribution in [-0.2, 0) is 6.61 Å². The van der Waals surface area contributed by atoms with Crippen molar-refractivity contribution in [2.24, 2.45) is 0 Å². The Labute approximate surface area is 160 Å². The van der Waals surface area contributed by atoms with Gasteiger partial charge in [0.1, 0.15) is 24.0 Å². The largest absolute Gasteiger partial charge is 0.489 e. The van der Waals surface area contributed by atoms with Gasteiger partial charge in [-0.15, -0.1) is 0 Å². The highest BCUT2D eigenvalue weighted by Crippen LogP contribution is 2.26. The molecule has 0 spiro atoms. The SMILES string of the molecule is Cc1cc2cnc(Nc3cccc(F)c3)nc2cc1OCc1cccc(F)c1. The predicted molar refractivity (Wildman–Crippen MR) is 105 cm³/mol. The summed E-state index contributed by atoms with van der Waals surface area (Å²) in [4.78, 5) is 8.77. The third kappa shape index (κ3) is 4.06. The van der Waals surface area contributed by atoms with Gasteiger partial charge in [-0.25, -0.2) is 18.7 Å². The fourth-order valence-electron chi connectivity index (χ4n) is 2.87. The Kier molecular flexibility index (Phi) is 4.85. The van der Waals surface area contributed by atoms with E-state index in [1.807, 2.05) is 25.1 Å². The first-order chi connectivity index (χ1) is 13.6. The summed E-state index contributed by atoms with van der Waals surface area (Å²) in [6, 6.07) is 16.1. The molecule has 6 heteroatoms. The fourth-order valence-corrected chi connectivity index (χ4v) is 2.87. The molecule has 28 heavy (non-hydrogen) atoms. The molecule has 0 unspecified atom stereocenters. The van der Waals surface area contributed by atoms with Gasteiger partial charge in [-0.1, -0.05) is 18.2 Å². The molecular weight excluding hydrogens is 360 g/mol. The second-order valence-electron chi connectivity index (χ2n) is 6.42. The van der Waals surface area contributed by atoms with Crippen LogP contribution < -0.4 is 10.1 Å². The number of benzene rings is 3. The Morgan fingerprint density at radius 3 is 2.54 bits per heavy atom. The van der Waals surface area contributed by atoms with Gasteiger partial charge in [-0.05, 0) is 54.4 Å². The average molecular weight is 377 g/mol. The first-order valence-electron chi connectivity index (χ1n) is 8.74. The van der Waals surface area contributed by atoms with Crippen LogP contribution in [0.2, 0.25) is 0 Å². The lowest BCUT2D eigenvalue weighted by Crippen LogP contribution is -2.00. The van der Waals surface area contributed by atoms with Gasteiger partial charge in [0.15, 0.2) is 0 Å². The van der Waals surface area contributed by atoms with Gasteiger partial charge in [0, 0.05) is 23.3 Å². The number of nitrogens with zero attached hydrogens (tertiary/aromatic N) is 2. The Morgan fingerprint density at radius 2 is 1.75 bits per heavy atom. The Bertz CT molecular complexity index is 1150. The zero-order valence-corrected chi connectivity index (χ0v) is 15.1. The number of hydrogen-bond acceptors (Lipinski definition) is 4. The number of aromatic nitrogens is 2. The van der Waals surface area contributed by atoms with Crippen LogP contribution >= 0.6 is 0 Å². The van der Waals surface area contributed by atoms with Gasteiger partial charge < -0.3 is 10.1 Å². The van der Waals surface area contributed by atoms with Gasteiger partial charge in [-0.3, -0.25) is 0 Å². The summed E-state index contributed by atoms with van der Waals surface area (Å²) in [5, 5.41) is 3.85. The summed E-state index contributed by atoms with van der Waals surface area (Å²) in [5.74, 6) is 0.386. The van der Waals surface area contributed by atoms with E-state index in [0.29, 0.717) is 22.9 Å². The molecule has 3 aromatic carbocycles. The van der Waals surface area contributed by atoms with E-state index in [0.717, 1.165) is 16.5 Å². The number of aryl methyl sites for hydroxylation is 1. The van der Waals surface area contributed by atoms with Crippen LogP contribution in [0.3, 0.4) is 0 Å². The van der Waals surface area contributed by atoms with E-state index in [1.165, 1.54) is 24.3 Å². The van der Waals surface area contributed by atoms with E-state index in [9.17, 15) is 8.78 Å². The molecule has 0 aliphatic carbocycles. The summed E-state index contributed by atoms with van der Waals surface area (Å²) in [7, 11) is 0. The quantitative estimate of drug-likeness (QED) is 0.496. The van der Waals surface area contributed by atoms with Crippen molar-refractivity contribution < 1.29 is 13.5 Å². The number of ether oxygens (including phenoxy) is 1. The van der Waals surface area contributed by atoms with E-state index in [2.05, 4.69) is 15.3 Å². The molecule has 0 bridgehead atoms. The minimum Gasteiger partial charge on any atom is -0.489 e. The monoisotopic (exact) mass is 377 g/mol. The summed E-state index contributed by atoms with van der Waals surface area (Å²) in [6.45, 7) is 2.18. The smallest absolute Gasteiger partial charge is 0.227 e. The molecule has 0 radical (unpaired) electrons. The molecule has 1 aromatic heterocycles. The van der Waals surface area contributed by atoms with Crippen molar-refractivity contribution >= 4 is 22.5 Å². The summed E-state index contributed by atoms with van der Waals surface area (Å²) in [6.07, 6.45) is 1.70. The number of halogens is 2. The molecule has 4 rings (SSSR count). The van der Waals surface area contributed by atoms with Gasteiger partial charge >= 0.3 is 0 Å². The van der Waals surface area contributed by atoms with E-state index in [4.69, 9.17) is 4.74 Å². The van der Waals surface area contributed by atoms with Gasteiger partial charge in [0.2, 0.25) is 5.95 Å². The highest BCUT2D eigenvalue weighted by atomic mass is 19.1. The fraction of sp³-hybridized carbons (Fsp3) is 0.0909. The van der Waals surface area contributed by atoms with Crippen LogP contribution in [0.15, 0.2) is 66.9 Å². The van der Waals surface area contributed by atoms with Crippen molar-refractivity contribution in [1.82, 2.24) is 9.97 Å². The molecular formula is C22H17F2N3O. The van der Waals surface area contributed by atoms with E-state index in [1.54, 1.807) is 24.4 Å². The third-order valence-electron chi connectivity index (χ3n) is 4.24. The molecule has 0 aliphatic heterocycles. The maximum absolute atomic E-state index is 13.3. The van der Waals surface area contributed by atoms with Crippen molar-refractivity contribution in [3.63, 3.8) is 0 Å². The Balaban J connectivity index is 1.58. The molecule has 1 heterocycles. The van der Waals surface area contributed by atoms with Crippen molar-refractivity contribution in [1.29, 1.82) is 0 Å². The summed E-state index contributed by atoms with van der Waals surface area (Å²) >= 11 is 0. The molecule has 0 saturated heterocycles. The van der Waals surface area contributed by atoms with E-state index < -0.39 is 0 Å². The molecule has 1 N–H and O–H groups in total. The van der Waals surface area contributed by atoms with Crippen LogP contribution in [0.1, 0.15) is 11.1 Å². The molecule has 4 nitrogen and oxygen atoms in total. The number of fused-ring (bicyclic) bond motifs is 1. The summed E-state index contributed by atoms with van der Waals surface area (Å²) in [5.41, 5.74) is 2.93. The predicted octanol–water partition coefficient (Wildman–Crippen LogP) is 5.54. The number of anilines is 2. The minimum absolute atomic E-state index is 0.254. The Morgan fingerprint density at radius 1 is 0.964 bits per heavy atom. The summed E-state index contributed by atoms with van der Waals surface area (Å²) < 4.78 is 32.5. The topological polar surface area (TPSA) is 47.0 Å². The first-order valence-corrected chi connectivity index (χ1v) is 8.74. The average Bonchev–Trinajstić information content (AvgIpc) is 2.67. The van der Waals surface area contributed by atoms with Crippen molar-refractivity contribution in [3.05, 3.63) is 89.6 Å². The second kappa shape index (κ2) is 7.60. The van der Waals surface area contributed by atoms with Gasteiger partial charge in [0.25, 0.3) is 0 Å². The van der Waals surface area contributed by atoms with Crippen LogP contribution in [0.5, 0.6) is 5.75 Å². The van der Waals surface area contributed by atoms with E-state index in [-0.39, 0.29) is 18.2 Å². The minimum atomic E-state index is -0.338. The van der Waals surface area contributed by atoms with E-state index >= 15 is 0 Å². The number of hydrogen-bond donors (Lipinski definition) is 1. The normalized spacial score (nSPS) is 10.8. The maximum Gasteiger partial charge on any atom is 0.227 e. The lowest BCUT2D eigenvalue weighted by molar-refractivity contribution is 0.304. The van der Waals surface area contributed by atoms with Gasteiger partial charge in [-0.2, -0.15) is 0 Å². The zero-order valence-electron chi connectivity index (χ0n) is 15.1. The Hall–Kier alpha value is -3.54. The van der Waals surface area contributed by atoms with Crippen LogP contribution in [-0.4, -0.2) is 9.97 Å². The molecule has 0 saturated carbocycles. The zero-order chi connectivity index (χ0) is 19.5. The molecule has 0 aliphatic rings. The number of rotatable bonds is 5. The van der Waals surface area contributed by atoms with Crippen molar-refractivity contribution in [3.8, 4) is 5.75 Å². The second-order valence-corrected chi connectivity index (χ2v) is 6.42. The standard InChI is InChI=1S/C22H17F2N3O/c1-14-8-16-12-25-22(26-19-7-3-6-18(24)10-19)27-20(16)11-21(14)28-13-15-4-2-5-17(23)9-15/h2-12H,13H2,1H3,(H,25,26,27). The molecule has 4 aromatic rings. The van der Waals surface area contributed by atoms with Crippen LogP contribution in [0.25, 0.3) is 10.9 Å². The van der Waals surface area contributed by atoms with Crippen molar-refractivity contribution in [2.45, 2.75) is 13.5 Å². The molecule has 0 fully saturated rings. The van der Waals surface area contributed by atoms with Gasteiger partial charge in [0.05, 0.1) is 5.52 Å². The lowest BCUT2D eigenvalue weighted by Gasteiger charge is -2.11. The third-order valence-corrected chi connectivity index (χ3v) is 4.24. The molecule has 0 amide bonds. The van der Waals surface area contributed by atoms with Crippen molar-refractivity contribution in [2.75, 3.05) is 5.32 Å². The molecule has 140 valence electrons. The van der Waals surface area contributed by atoms with Crippen LogP contribution in [0.4, 0.5) is 20.4 Å². The van der Waals surface area contributed by atoms with Crippen LogP contribution in [0, 0.1) is 18.6 Å². The first kappa shape index (κ1) is 17.9. The molecule has 0 atom stereocenters. The highest BCUT2D eigenvalue weighted by molar-refractivity contribution is 5.81. The number of nitrogens with one attached hydrogen (secondary N) is 1. The highest BCUT2D eigenvalue weighted by Gasteiger charge is 2.07.